The van der Waals surface area contributed by atoms with Crippen LogP contribution in [0.1, 0.15) is 0 Å². The summed E-state index contributed by atoms with van der Waals surface area (Å²) in [6.45, 7) is 0. The molecule has 0 saturated carbocycles. The number of hydrogen-bond acceptors (Lipinski definition) is 4. The smallest absolute Gasteiger partial charge is 0.119 e. The maximum Gasteiger partial charge on any atom is 0.119 e. The Morgan fingerprint density at radius 2 is 1.60 bits per heavy atom. The van der Waals surface area contributed by atoms with Crippen molar-refractivity contribution < 1.29 is 0 Å². The van der Waals surface area contributed by atoms with Crippen molar-refractivity contribution in [2.45, 2.75) is 6.29 Å². The van der Waals surface area contributed by atoms with Crippen LogP contribution in [-0.4, -0.2) is 6.29 Å². The standard InChI is InChI=1S/CH8N4/c2-1(3)5-4/h1,5H,2-4H2. The molecule has 0 spiro atoms. The molecule has 0 saturated heterocycles. The van der Waals surface area contributed by atoms with Gasteiger partial charge >= 0.3 is 0 Å². The van der Waals surface area contributed by atoms with E-state index in [2.05, 4.69) is 11.3 Å². The molecule has 0 aliphatic carbocycles. The predicted molar refractivity (Wildman–Crippen MR) is 19.5 cm³/mol. The summed E-state index contributed by atoms with van der Waals surface area (Å²) in [5, 5.41) is 0. The Hall–Kier alpha value is -0.160. The van der Waals surface area contributed by atoms with Crippen LogP contribution in [0.4, 0.5) is 0 Å². The third kappa shape index (κ3) is 3.84. The summed E-state index contributed by atoms with van der Waals surface area (Å²) in [4.78, 5) is 0. The Morgan fingerprint density at radius 1 is 1.40 bits per heavy atom. The number of nitrogens with one attached hydrogen (secondary N) is 1. The fourth-order valence-corrected chi connectivity index (χ4v) is 0. The first-order chi connectivity index (χ1) is 2.27. The van der Waals surface area contributed by atoms with E-state index in [-0.39, 0.29) is 0 Å². The van der Waals surface area contributed by atoms with Gasteiger partial charge in [0.15, 0.2) is 0 Å². The van der Waals surface area contributed by atoms with Gasteiger partial charge in [-0.2, -0.15) is 0 Å². The van der Waals surface area contributed by atoms with Crippen LogP contribution in [-0.2, 0) is 0 Å². The van der Waals surface area contributed by atoms with Crippen LogP contribution in [0.3, 0.4) is 0 Å². The molecule has 32 valence electrons. The van der Waals surface area contributed by atoms with Crippen molar-refractivity contribution in [1.29, 1.82) is 0 Å². The van der Waals surface area contributed by atoms with E-state index in [0.717, 1.165) is 0 Å². The van der Waals surface area contributed by atoms with Gasteiger partial charge in [0.05, 0.1) is 0 Å². The highest BCUT2D eigenvalue weighted by atomic mass is 15.3. The molecule has 7 N–H and O–H groups in total. The zero-order valence-corrected chi connectivity index (χ0v) is 2.81. The van der Waals surface area contributed by atoms with E-state index in [9.17, 15) is 0 Å². The maximum atomic E-state index is 4.83. The molecule has 0 aromatic carbocycles. The fourth-order valence-electron chi connectivity index (χ4n) is 0. The molecule has 0 aliphatic heterocycles. The van der Waals surface area contributed by atoms with Crippen molar-refractivity contribution in [3.8, 4) is 0 Å². The zero-order valence-electron chi connectivity index (χ0n) is 2.81. The second-order valence-corrected chi connectivity index (χ2v) is 0.692. The Bertz CT molecular complexity index is 17.6. The highest BCUT2D eigenvalue weighted by Crippen LogP contribution is 1.30. The second kappa shape index (κ2) is 2.10. The molecule has 0 aromatic rings. The molecule has 0 bridgehead atoms. The lowest BCUT2D eigenvalue weighted by Gasteiger charge is -1.96. The largest absolute Gasteiger partial charge is 0.303 e. The van der Waals surface area contributed by atoms with Gasteiger partial charge in [-0.1, -0.05) is 0 Å². The van der Waals surface area contributed by atoms with Crippen molar-refractivity contribution in [2.75, 3.05) is 0 Å². The summed E-state index contributed by atoms with van der Waals surface area (Å²) in [6, 6.07) is 0. The van der Waals surface area contributed by atoms with Gasteiger partial charge in [-0.25, -0.2) is 5.43 Å². The van der Waals surface area contributed by atoms with Crippen LogP contribution < -0.4 is 22.7 Å². The van der Waals surface area contributed by atoms with Crippen molar-refractivity contribution >= 4 is 0 Å². The summed E-state index contributed by atoms with van der Waals surface area (Å²) in [5.74, 6) is 4.67. The average molecular weight is 76.1 g/mol. The molecule has 4 nitrogen and oxygen atoms in total. The number of nitrogens with two attached hydrogens (primary N) is 3. The van der Waals surface area contributed by atoms with Gasteiger partial charge in [0.1, 0.15) is 6.29 Å². The van der Waals surface area contributed by atoms with Gasteiger partial charge < -0.3 is 11.5 Å². The third-order valence-electron chi connectivity index (χ3n) is 0.192. The number of hydrogen-bond donors (Lipinski definition) is 4. The maximum absolute atomic E-state index is 4.83. The lowest BCUT2D eigenvalue weighted by Crippen LogP contribution is -2.48. The quantitative estimate of drug-likeness (QED) is 0.160. The Morgan fingerprint density at radius 3 is 1.60 bits per heavy atom. The van der Waals surface area contributed by atoms with Crippen LogP contribution in [0.25, 0.3) is 0 Å². The molecule has 0 unspecified atom stereocenters. The SMILES string of the molecule is NNC(N)N. The minimum absolute atomic E-state index is 0.588. The van der Waals surface area contributed by atoms with Crippen molar-refractivity contribution in [2.24, 2.45) is 17.3 Å². The lowest BCUT2D eigenvalue weighted by molar-refractivity contribution is 0.568. The fraction of sp³-hybridized carbons (Fsp3) is 1.00. The Kier molecular flexibility index (Phi) is 2.03. The monoisotopic (exact) mass is 76.1 g/mol. The zero-order chi connectivity index (χ0) is 4.28. The van der Waals surface area contributed by atoms with E-state index in [0.29, 0.717) is 0 Å². The van der Waals surface area contributed by atoms with E-state index in [4.69, 9.17) is 11.5 Å². The van der Waals surface area contributed by atoms with Crippen LogP contribution in [0.15, 0.2) is 0 Å². The highest BCUT2D eigenvalue weighted by Gasteiger charge is 1.76. The molecule has 0 fully saturated rings. The van der Waals surface area contributed by atoms with E-state index in [1.54, 1.807) is 0 Å². The van der Waals surface area contributed by atoms with Crippen LogP contribution in [0.2, 0.25) is 0 Å². The topological polar surface area (TPSA) is 90.1 Å². The van der Waals surface area contributed by atoms with Gasteiger partial charge in [-0.3, -0.25) is 5.84 Å². The second-order valence-electron chi connectivity index (χ2n) is 0.692. The van der Waals surface area contributed by atoms with Crippen molar-refractivity contribution in [3.05, 3.63) is 0 Å². The minimum Gasteiger partial charge on any atom is -0.303 e. The Balaban J connectivity index is 2.54. The van der Waals surface area contributed by atoms with Crippen molar-refractivity contribution in [3.63, 3.8) is 0 Å². The molecule has 0 amide bonds. The molecule has 4 heteroatoms. The predicted octanol–water partition coefficient (Wildman–Crippen LogP) is -2.35. The molecule has 0 radical (unpaired) electrons. The van der Waals surface area contributed by atoms with Gasteiger partial charge in [0.2, 0.25) is 0 Å². The first kappa shape index (κ1) is 4.84. The third-order valence-corrected chi connectivity index (χ3v) is 0.192. The molecule has 0 atom stereocenters. The molecule has 5 heavy (non-hydrogen) atoms. The molecule has 0 aromatic heterocycles. The van der Waals surface area contributed by atoms with Crippen LogP contribution in [0.5, 0.6) is 0 Å². The molecular weight excluding hydrogens is 68.0 g/mol. The van der Waals surface area contributed by atoms with Crippen LogP contribution >= 0.6 is 0 Å². The molecule has 0 heterocycles. The molecular formula is CH8N4. The summed E-state index contributed by atoms with van der Waals surface area (Å²) in [7, 11) is 0. The van der Waals surface area contributed by atoms with Crippen LogP contribution in [0, 0.1) is 0 Å². The highest BCUT2D eigenvalue weighted by molar-refractivity contribution is 4.31. The van der Waals surface area contributed by atoms with E-state index >= 15 is 0 Å². The van der Waals surface area contributed by atoms with Gasteiger partial charge in [0, 0.05) is 0 Å². The van der Waals surface area contributed by atoms with E-state index in [1.807, 2.05) is 0 Å². The molecule has 0 rings (SSSR count). The first-order valence-corrected chi connectivity index (χ1v) is 1.24. The normalized spacial score (nSPS) is 9.60. The van der Waals surface area contributed by atoms with Gasteiger partial charge in [-0.15, -0.1) is 0 Å². The summed E-state index contributed by atoms with van der Waals surface area (Å²) in [5.41, 5.74) is 11.8. The minimum atomic E-state index is -0.588. The molecule has 0 aliphatic rings. The Labute approximate surface area is 30.3 Å². The number of hydrazine groups is 1. The summed E-state index contributed by atoms with van der Waals surface area (Å²) >= 11 is 0. The summed E-state index contributed by atoms with van der Waals surface area (Å²) < 4.78 is 0. The first-order valence-electron chi connectivity index (χ1n) is 1.24. The van der Waals surface area contributed by atoms with Gasteiger partial charge in [0.25, 0.3) is 0 Å². The van der Waals surface area contributed by atoms with Crippen molar-refractivity contribution in [1.82, 2.24) is 5.43 Å². The van der Waals surface area contributed by atoms with Gasteiger partial charge in [-0.05, 0) is 0 Å². The average Bonchev–Trinajstić information content (AvgIpc) is 1.38. The summed E-state index contributed by atoms with van der Waals surface area (Å²) in [6.07, 6.45) is -0.588. The van der Waals surface area contributed by atoms with E-state index in [1.165, 1.54) is 0 Å². The lowest BCUT2D eigenvalue weighted by atomic mass is 11.0. The number of rotatable bonds is 1. The van der Waals surface area contributed by atoms with E-state index < -0.39 is 6.29 Å².